The van der Waals surface area contributed by atoms with E-state index in [1.165, 1.54) is 0 Å². The minimum absolute atomic E-state index is 0.416. The Bertz CT molecular complexity index is 404. The molecule has 17 heavy (non-hydrogen) atoms. The Kier molecular flexibility index (Phi) is 5.00. The Labute approximate surface area is 100 Å². The van der Waals surface area contributed by atoms with E-state index in [9.17, 15) is 9.59 Å². The van der Waals surface area contributed by atoms with Crippen LogP contribution in [0.15, 0.2) is 24.3 Å². The number of para-hydroxylation sites is 2. The number of hydrogen-bond donors (Lipinski definition) is 2. The van der Waals surface area contributed by atoms with Crippen LogP contribution in [0, 0.1) is 0 Å². The van der Waals surface area contributed by atoms with Gasteiger partial charge in [0.2, 0.25) is 0 Å². The predicted octanol–water partition coefficient (Wildman–Crippen LogP) is 1.16. The Morgan fingerprint density at radius 2 is 1.88 bits per heavy atom. The van der Waals surface area contributed by atoms with E-state index in [1.807, 2.05) is 6.92 Å². The van der Waals surface area contributed by atoms with Crippen molar-refractivity contribution >= 4 is 17.5 Å². The van der Waals surface area contributed by atoms with Gasteiger partial charge in [-0.15, -0.1) is 0 Å². The highest BCUT2D eigenvalue weighted by molar-refractivity contribution is 6.39. The van der Waals surface area contributed by atoms with Crippen LogP contribution in [0.1, 0.15) is 13.8 Å². The average molecular weight is 236 g/mol. The average Bonchev–Trinajstić information content (AvgIpc) is 2.32. The highest BCUT2D eigenvalue weighted by Crippen LogP contribution is 2.23. The van der Waals surface area contributed by atoms with Gasteiger partial charge in [-0.2, -0.15) is 0 Å². The van der Waals surface area contributed by atoms with Gasteiger partial charge in [0.25, 0.3) is 0 Å². The molecule has 5 heteroatoms. The molecule has 0 bridgehead atoms. The monoisotopic (exact) mass is 236 g/mol. The zero-order chi connectivity index (χ0) is 12.7. The molecule has 0 spiro atoms. The van der Waals surface area contributed by atoms with Crippen molar-refractivity contribution in [3.63, 3.8) is 0 Å². The summed E-state index contributed by atoms with van der Waals surface area (Å²) in [7, 11) is 0. The van der Waals surface area contributed by atoms with Gasteiger partial charge >= 0.3 is 11.8 Å². The normalized spacial score (nSPS) is 9.53. The second-order valence-electron chi connectivity index (χ2n) is 3.24. The summed E-state index contributed by atoms with van der Waals surface area (Å²) in [4.78, 5) is 22.7. The van der Waals surface area contributed by atoms with Gasteiger partial charge in [-0.1, -0.05) is 12.1 Å². The maximum absolute atomic E-state index is 11.5. The number of amides is 2. The third-order valence-electron chi connectivity index (χ3n) is 1.98. The summed E-state index contributed by atoms with van der Waals surface area (Å²) in [6, 6.07) is 6.97. The SMILES string of the molecule is CCNC(=O)C(=O)Nc1ccccc1OCC. The van der Waals surface area contributed by atoms with E-state index < -0.39 is 11.8 Å². The van der Waals surface area contributed by atoms with E-state index in [1.54, 1.807) is 31.2 Å². The summed E-state index contributed by atoms with van der Waals surface area (Å²) < 4.78 is 5.33. The van der Waals surface area contributed by atoms with Crippen LogP contribution in [0.2, 0.25) is 0 Å². The second kappa shape index (κ2) is 6.52. The number of ether oxygens (including phenoxy) is 1. The molecule has 0 heterocycles. The number of rotatable bonds is 4. The molecule has 0 saturated heterocycles. The minimum Gasteiger partial charge on any atom is -0.492 e. The van der Waals surface area contributed by atoms with Crippen LogP contribution >= 0.6 is 0 Å². The topological polar surface area (TPSA) is 67.4 Å². The first-order chi connectivity index (χ1) is 8.19. The Hall–Kier alpha value is -2.04. The smallest absolute Gasteiger partial charge is 0.313 e. The summed E-state index contributed by atoms with van der Waals surface area (Å²) in [6.45, 7) is 4.51. The van der Waals surface area contributed by atoms with Crippen LogP contribution in [0.3, 0.4) is 0 Å². The molecule has 2 N–H and O–H groups in total. The first-order valence-corrected chi connectivity index (χ1v) is 5.50. The summed E-state index contributed by atoms with van der Waals surface area (Å²) in [6.07, 6.45) is 0. The van der Waals surface area contributed by atoms with E-state index in [4.69, 9.17) is 4.74 Å². The molecular weight excluding hydrogens is 220 g/mol. The molecule has 0 aliphatic rings. The molecule has 0 radical (unpaired) electrons. The fourth-order valence-corrected chi connectivity index (χ4v) is 1.27. The maximum atomic E-state index is 11.5. The lowest BCUT2D eigenvalue weighted by Gasteiger charge is -2.10. The molecule has 0 atom stereocenters. The van der Waals surface area contributed by atoms with E-state index >= 15 is 0 Å². The molecular formula is C12H16N2O3. The predicted molar refractivity (Wildman–Crippen MR) is 64.9 cm³/mol. The van der Waals surface area contributed by atoms with Crippen molar-refractivity contribution in [3.05, 3.63) is 24.3 Å². The molecule has 1 rings (SSSR count). The lowest BCUT2D eigenvalue weighted by Crippen LogP contribution is -2.35. The fourth-order valence-electron chi connectivity index (χ4n) is 1.27. The van der Waals surface area contributed by atoms with Crippen LogP contribution < -0.4 is 15.4 Å². The fraction of sp³-hybridized carbons (Fsp3) is 0.333. The van der Waals surface area contributed by atoms with Crippen LogP contribution in [0.4, 0.5) is 5.69 Å². The molecule has 2 amide bonds. The first kappa shape index (κ1) is 13.0. The lowest BCUT2D eigenvalue weighted by atomic mass is 10.3. The summed E-state index contributed by atoms with van der Waals surface area (Å²) in [5, 5.41) is 4.93. The molecule has 0 aromatic heterocycles. The number of likely N-dealkylation sites (N-methyl/N-ethyl adjacent to an activating group) is 1. The second-order valence-corrected chi connectivity index (χ2v) is 3.24. The first-order valence-electron chi connectivity index (χ1n) is 5.50. The van der Waals surface area contributed by atoms with Crippen LogP contribution in [-0.2, 0) is 9.59 Å². The number of carbonyl (C=O) groups is 2. The number of nitrogens with one attached hydrogen (secondary N) is 2. The highest BCUT2D eigenvalue weighted by atomic mass is 16.5. The molecule has 1 aromatic carbocycles. The summed E-state index contributed by atoms with van der Waals surface area (Å²) in [5.74, 6) is -0.801. The Morgan fingerprint density at radius 3 is 2.53 bits per heavy atom. The molecule has 0 saturated carbocycles. The van der Waals surface area contributed by atoms with Crippen LogP contribution in [-0.4, -0.2) is 25.0 Å². The Morgan fingerprint density at radius 1 is 1.18 bits per heavy atom. The number of carbonyl (C=O) groups excluding carboxylic acids is 2. The van der Waals surface area contributed by atoms with Crippen molar-refractivity contribution in [1.82, 2.24) is 5.32 Å². The third-order valence-corrected chi connectivity index (χ3v) is 1.98. The van der Waals surface area contributed by atoms with Crippen molar-refractivity contribution in [1.29, 1.82) is 0 Å². The minimum atomic E-state index is -0.695. The van der Waals surface area contributed by atoms with Gasteiger partial charge in [-0.25, -0.2) is 0 Å². The van der Waals surface area contributed by atoms with Crippen LogP contribution in [0.25, 0.3) is 0 Å². The molecule has 0 aliphatic carbocycles. The third kappa shape index (κ3) is 3.79. The number of hydrogen-bond acceptors (Lipinski definition) is 3. The standard InChI is InChI=1S/C12H16N2O3/c1-3-13-11(15)12(16)14-9-7-5-6-8-10(9)17-4-2/h5-8H,3-4H2,1-2H3,(H,13,15)(H,14,16). The van der Waals surface area contributed by atoms with Crippen molar-refractivity contribution < 1.29 is 14.3 Å². The molecule has 1 aromatic rings. The van der Waals surface area contributed by atoms with Crippen molar-refractivity contribution in [3.8, 4) is 5.75 Å². The van der Waals surface area contributed by atoms with Gasteiger partial charge < -0.3 is 15.4 Å². The quantitative estimate of drug-likeness (QED) is 0.771. The highest BCUT2D eigenvalue weighted by Gasteiger charge is 2.14. The maximum Gasteiger partial charge on any atom is 0.313 e. The van der Waals surface area contributed by atoms with E-state index in [-0.39, 0.29) is 0 Å². The van der Waals surface area contributed by atoms with Gasteiger partial charge in [0.1, 0.15) is 5.75 Å². The summed E-state index contributed by atoms with van der Waals surface area (Å²) in [5.41, 5.74) is 0.491. The molecule has 92 valence electrons. The summed E-state index contributed by atoms with van der Waals surface area (Å²) >= 11 is 0. The molecule has 5 nitrogen and oxygen atoms in total. The molecule has 0 fully saturated rings. The van der Waals surface area contributed by atoms with Gasteiger partial charge in [0, 0.05) is 6.54 Å². The van der Waals surface area contributed by atoms with Crippen molar-refractivity contribution in [2.45, 2.75) is 13.8 Å². The largest absolute Gasteiger partial charge is 0.492 e. The molecule has 0 unspecified atom stereocenters. The van der Waals surface area contributed by atoms with E-state index in [2.05, 4.69) is 10.6 Å². The van der Waals surface area contributed by atoms with Gasteiger partial charge in [0.05, 0.1) is 12.3 Å². The van der Waals surface area contributed by atoms with Crippen molar-refractivity contribution in [2.24, 2.45) is 0 Å². The van der Waals surface area contributed by atoms with E-state index in [0.29, 0.717) is 24.6 Å². The van der Waals surface area contributed by atoms with Gasteiger partial charge in [-0.3, -0.25) is 9.59 Å². The van der Waals surface area contributed by atoms with Gasteiger partial charge in [0.15, 0.2) is 0 Å². The molecule has 0 aliphatic heterocycles. The zero-order valence-corrected chi connectivity index (χ0v) is 9.95. The zero-order valence-electron chi connectivity index (χ0n) is 9.95. The van der Waals surface area contributed by atoms with E-state index in [0.717, 1.165) is 0 Å². The lowest BCUT2D eigenvalue weighted by molar-refractivity contribution is -0.136. The van der Waals surface area contributed by atoms with Crippen molar-refractivity contribution in [2.75, 3.05) is 18.5 Å². The number of anilines is 1. The number of benzene rings is 1. The Balaban J connectivity index is 2.73. The van der Waals surface area contributed by atoms with Crippen LogP contribution in [0.5, 0.6) is 5.75 Å². The van der Waals surface area contributed by atoms with Gasteiger partial charge in [-0.05, 0) is 26.0 Å².